The minimum Gasteiger partial charge on any atom is -0.296 e. The van der Waals surface area contributed by atoms with Crippen LogP contribution >= 0.6 is 11.3 Å². The van der Waals surface area contributed by atoms with Crippen LogP contribution in [0.5, 0.6) is 0 Å². The molecule has 0 bridgehead atoms. The summed E-state index contributed by atoms with van der Waals surface area (Å²) >= 11 is 1.23. The van der Waals surface area contributed by atoms with E-state index in [2.05, 4.69) is 20.6 Å². The van der Waals surface area contributed by atoms with Crippen LogP contribution in [-0.4, -0.2) is 30.8 Å². The lowest BCUT2D eigenvalue weighted by Gasteiger charge is -2.01. The second kappa shape index (κ2) is 8.21. The van der Waals surface area contributed by atoms with Gasteiger partial charge in [-0.05, 0) is 12.5 Å². The molecule has 0 fully saturated rings. The number of nitrogens with one attached hydrogen (secondary N) is 1. The second-order valence-corrected chi connectivity index (χ2v) is 7.40. The van der Waals surface area contributed by atoms with E-state index in [9.17, 15) is 14.9 Å². The Morgan fingerprint density at radius 2 is 2.03 bits per heavy atom. The molecule has 150 valence electrons. The number of thiazole rings is 1. The number of amides is 1. The Kier molecular flexibility index (Phi) is 5.31. The fourth-order valence-electron chi connectivity index (χ4n) is 2.84. The quantitative estimate of drug-likeness (QED) is 0.373. The Bertz CT molecular complexity index is 1220. The number of nitrogens with zero attached hydrogens (tertiary/aromatic N) is 5. The summed E-state index contributed by atoms with van der Waals surface area (Å²) in [5, 5.41) is 23.8. The fourth-order valence-corrected chi connectivity index (χ4v) is 3.56. The van der Waals surface area contributed by atoms with Gasteiger partial charge in [0.05, 0.1) is 23.4 Å². The highest BCUT2D eigenvalue weighted by Crippen LogP contribution is 2.29. The summed E-state index contributed by atoms with van der Waals surface area (Å²) in [7, 11) is 0. The number of aromatic nitrogens is 4. The number of nitro groups is 1. The molecular weight excluding hydrogens is 404 g/mol. The van der Waals surface area contributed by atoms with Gasteiger partial charge in [-0.15, -0.1) is 16.4 Å². The third-order valence-electron chi connectivity index (χ3n) is 4.38. The number of carbonyl (C=O) groups is 1. The molecule has 10 heteroatoms. The van der Waals surface area contributed by atoms with Crippen LogP contribution in [0.3, 0.4) is 0 Å². The van der Waals surface area contributed by atoms with Gasteiger partial charge in [0.2, 0.25) is 0 Å². The summed E-state index contributed by atoms with van der Waals surface area (Å²) in [5.41, 5.74) is 2.98. The molecule has 30 heavy (non-hydrogen) atoms. The highest BCUT2D eigenvalue weighted by atomic mass is 32.1. The summed E-state index contributed by atoms with van der Waals surface area (Å²) < 4.78 is 1.59. The van der Waals surface area contributed by atoms with Crippen molar-refractivity contribution < 1.29 is 9.72 Å². The number of nitro benzene ring substituents is 1. The monoisotopic (exact) mass is 420 g/mol. The van der Waals surface area contributed by atoms with E-state index in [4.69, 9.17) is 0 Å². The van der Waals surface area contributed by atoms with Crippen LogP contribution < -0.4 is 5.32 Å². The first kappa shape index (κ1) is 19.4. The van der Waals surface area contributed by atoms with Gasteiger partial charge in [-0.3, -0.25) is 20.2 Å². The highest BCUT2D eigenvalue weighted by molar-refractivity contribution is 7.14. The number of hydrogen-bond donors (Lipinski definition) is 1. The molecule has 4 aromatic rings. The predicted octanol–water partition coefficient (Wildman–Crippen LogP) is 3.92. The van der Waals surface area contributed by atoms with Gasteiger partial charge in [0.1, 0.15) is 0 Å². The molecule has 4 rings (SSSR count). The lowest BCUT2D eigenvalue weighted by Crippen LogP contribution is -2.12. The molecular formula is C20H16N6O3S. The summed E-state index contributed by atoms with van der Waals surface area (Å²) in [6, 6.07) is 14.6. The average molecular weight is 420 g/mol. The van der Waals surface area contributed by atoms with Crippen molar-refractivity contribution in [1.29, 1.82) is 0 Å². The fraction of sp³-hybridized carbons (Fsp3) is 0.100. The SMILES string of the molecule is Cc1ccc(-c2csc(NC(=O)c3cn(Cc4ccccc4)nn3)n2)cc1[N+](=O)[O-]. The van der Waals surface area contributed by atoms with E-state index in [1.165, 1.54) is 17.4 Å². The van der Waals surface area contributed by atoms with Crippen molar-refractivity contribution in [3.8, 4) is 11.3 Å². The van der Waals surface area contributed by atoms with Crippen molar-refractivity contribution in [2.45, 2.75) is 13.5 Å². The van der Waals surface area contributed by atoms with E-state index in [0.29, 0.717) is 28.5 Å². The maximum absolute atomic E-state index is 12.5. The van der Waals surface area contributed by atoms with E-state index in [0.717, 1.165) is 5.56 Å². The Balaban J connectivity index is 1.46. The number of aryl methyl sites for hydroxylation is 1. The largest absolute Gasteiger partial charge is 0.296 e. The lowest BCUT2D eigenvalue weighted by molar-refractivity contribution is -0.385. The first-order valence-corrected chi connectivity index (χ1v) is 9.84. The first-order valence-electron chi connectivity index (χ1n) is 8.96. The maximum Gasteiger partial charge on any atom is 0.279 e. The number of benzene rings is 2. The Labute approximate surface area is 175 Å². The van der Waals surface area contributed by atoms with Crippen LogP contribution in [0, 0.1) is 17.0 Å². The standard InChI is InChI=1S/C20H16N6O3S/c1-13-7-8-15(9-18(13)26(28)29)17-12-30-20(21-17)22-19(27)16-11-25(24-23-16)10-14-5-3-2-4-6-14/h2-9,11-12H,10H2,1H3,(H,21,22,27). The van der Waals surface area contributed by atoms with E-state index in [1.807, 2.05) is 30.3 Å². The van der Waals surface area contributed by atoms with Crippen LogP contribution in [0.25, 0.3) is 11.3 Å². The predicted molar refractivity (Wildman–Crippen MR) is 112 cm³/mol. The average Bonchev–Trinajstić information content (AvgIpc) is 3.39. The normalized spacial score (nSPS) is 10.7. The Morgan fingerprint density at radius 1 is 1.23 bits per heavy atom. The van der Waals surface area contributed by atoms with Crippen molar-refractivity contribution in [1.82, 2.24) is 20.0 Å². The summed E-state index contributed by atoms with van der Waals surface area (Å²) in [6.45, 7) is 2.19. The van der Waals surface area contributed by atoms with Gasteiger partial charge < -0.3 is 0 Å². The molecule has 0 atom stereocenters. The third kappa shape index (κ3) is 4.23. The number of carbonyl (C=O) groups excluding carboxylic acids is 1. The van der Waals surface area contributed by atoms with Crippen LogP contribution in [0.4, 0.5) is 10.8 Å². The van der Waals surface area contributed by atoms with Gasteiger partial charge in [-0.1, -0.05) is 47.7 Å². The molecule has 0 aliphatic rings. The van der Waals surface area contributed by atoms with Crippen LogP contribution in [0.15, 0.2) is 60.1 Å². The molecule has 0 radical (unpaired) electrons. The zero-order valence-corrected chi connectivity index (χ0v) is 16.7. The molecule has 0 aliphatic heterocycles. The molecule has 0 aliphatic carbocycles. The molecule has 2 heterocycles. The molecule has 2 aromatic heterocycles. The highest BCUT2D eigenvalue weighted by Gasteiger charge is 2.16. The molecule has 2 aromatic carbocycles. The molecule has 0 spiro atoms. The zero-order valence-electron chi connectivity index (χ0n) is 15.8. The smallest absolute Gasteiger partial charge is 0.279 e. The first-order chi connectivity index (χ1) is 14.5. The van der Waals surface area contributed by atoms with E-state index in [1.54, 1.807) is 35.3 Å². The van der Waals surface area contributed by atoms with Crippen LogP contribution in [-0.2, 0) is 6.54 Å². The summed E-state index contributed by atoms with van der Waals surface area (Å²) in [6.07, 6.45) is 1.57. The third-order valence-corrected chi connectivity index (χ3v) is 5.14. The summed E-state index contributed by atoms with van der Waals surface area (Å²) in [5.74, 6) is -0.426. The summed E-state index contributed by atoms with van der Waals surface area (Å²) in [4.78, 5) is 27.5. The van der Waals surface area contributed by atoms with Gasteiger partial charge in [-0.25, -0.2) is 9.67 Å². The van der Waals surface area contributed by atoms with Crippen LogP contribution in [0.1, 0.15) is 21.6 Å². The lowest BCUT2D eigenvalue weighted by atomic mass is 10.1. The van der Waals surface area contributed by atoms with Crippen LogP contribution in [0.2, 0.25) is 0 Å². The Morgan fingerprint density at radius 3 is 2.80 bits per heavy atom. The van der Waals surface area contributed by atoms with Gasteiger partial charge >= 0.3 is 0 Å². The number of hydrogen-bond acceptors (Lipinski definition) is 7. The molecule has 1 N–H and O–H groups in total. The minimum absolute atomic E-state index is 0.0288. The minimum atomic E-state index is -0.426. The number of anilines is 1. The zero-order chi connectivity index (χ0) is 21.1. The topological polar surface area (TPSA) is 116 Å². The molecule has 0 saturated heterocycles. The van der Waals surface area contributed by atoms with Gasteiger partial charge in [0.25, 0.3) is 11.6 Å². The van der Waals surface area contributed by atoms with Crippen molar-refractivity contribution >= 4 is 28.1 Å². The van der Waals surface area contributed by atoms with Crippen molar-refractivity contribution in [3.63, 3.8) is 0 Å². The Hall–Kier alpha value is -3.92. The van der Waals surface area contributed by atoms with E-state index in [-0.39, 0.29) is 11.4 Å². The number of rotatable bonds is 6. The van der Waals surface area contributed by atoms with Crippen molar-refractivity contribution in [3.05, 3.63) is 87.0 Å². The van der Waals surface area contributed by atoms with Gasteiger partial charge in [0.15, 0.2) is 10.8 Å². The van der Waals surface area contributed by atoms with Crippen molar-refractivity contribution in [2.75, 3.05) is 5.32 Å². The van der Waals surface area contributed by atoms with Gasteiger partial charge in [-0.2, -0.15) is 0 Å². The van der Waals surface area contributed by atoms with Gasteiger partial charge in [0, 0.05) is 22.6 Å². The van der Waals surface area contributed by atoms with Crippen molar-refractivity contribution in [2.24, 2.45) is 0 Å². The molecule has 1 amide bonds. The maximum atomic E-state index is 12.5. The molecule has 9 nitrogen and oxygen atoms in total. The molecule has 0 saturated carbocycles. The molecule has 0 unspecified atom stereocenters. The van der Waals surface area contributed by atoms with E-state index >= 15 is 0 Å². The van der Waals surface area contributed by atoms with E-state index < -0.39 is 10.8 Å². The second-order valence-electron chi connectivity index (χ2n) is 6.54.